The average Bonchev–Trinajstić information content (AvgIpc) is 2.91. The van der Waals surface area contributed by atoms with E-state index in [9.17, 15) is 17.6 Å². The molecule has 4 rings (SSSR count). The van der Waals surface area contributed by atoms with E-state index in [-0.39, 0.29) is 11.6 Å². The number of piperazine rings is 1. The number of aromatic nitrogens is 4. The summed E-state index contributed by atoms with van der Waals surface area (Å²) in [6.07, 6.45) is -2.21. The molecule has 0 atom stereocenters. The normalized spacial score (nSPS) is 13.8. The Morgan fingerprint density at radius 3 is 2.27 bits per heavy atom. The molecule has 3 aromatic rings. The van der Waals surface area contributed by atoms with E-state index in [4.69, 9.17) is 0 Å². The Hall–Kier alpha value is -3.50. The molecule has 0 bridgehead atoms. The van der Waals surface area contributed by atoms with E-state index in [2.05, 4.69) is 26.9 Å². The van der Waals surface area contributed by atoms with Gasteiger partial charge in [-0.2, -0.15) is 28.1 Å². The van der Waals surface area contributed by atoms with Crippen LogP contribution in [0.5, 0.6) is 0 Å². The lowest BCUT2D eigenvalue weighted by molar-refractivity contribution is -0.137. The molecule has 0 saturated carbocycles. The first kappa shape index (κ1) is 28.1. The van der Waals surface area contributed by atoms with Gasteiger partial charge in [0.2, 0.25) is 11.9 Å². The number of hydrogen-bond acceptors (Lipinski definition) is 7. The van der Waals surface area contributed by atoms with Crippen molar-refractivity contribution in [2.24, 2.45) is 0 Å². The maximum absolute atomic E-state index is 13.8. The van der Waals surface area contributed by atoms with Crippen LogP contribution in [0.25, 0.3) is 11.4 Å². The van der Waals surface area contributed by atoms with Crippen LogP contribution in [-0.4, -0.2) is 59.7 Å². The van der Waals surface area contributed by atoms with Crippen LogP contribution in [-0.2, 0) is 6.18 Å². The molecule has 0 aliphatic carbocycles. The third-order valence-electron chi connectivity index (χ3n) is 5.88. The van der Waals surface area contributed by atoms with Crippen LogP contribution < -0.4 is 14.7 Å². The highest BCUT2D eigenvalue weighted by molar-refractivity contribution is 5.60. The second-order valence-corrected chi connectivity index (χ2v) is 8.49. The van der Waals surface area contributed by atoms with Crippen LogP contribution in [0, 0.1) is 12.7 Å². The standard InChI is InChI=1S/C24H27F4N7.C2H6/c1-4-10-33(3)22-30-20(17-7-8-19(25)16(2)15-17)31-23(32-22)35-13-11-34(12-14-35)21-18(24(26,27)28)6-5-9-29-21;1-2/h5-9,15H,4,10-14H2,1-3H3;1-2H3. The molecule has 200 valence electrons. The number of hydrogen-bond donors (Lipinski definition) is 0. The maximum Gasteiger partial charge on any atom is 0.419 e. The summed E-state index contributed by atoms with van der Waals surface area (Å²) in [5.41, 5.74) is 0.407. The molecule has 0 radical (unpaired) electrons. The number of nitrogens with zero attached hydrogens (tertiary/aromatic N) is 7. The minimum Gasteiger partial charge on any atom is -0.353 e. The van der Waals surface area contributed by atoms with Crippen LogP contribution in [0.2, 0.25) is 0 Å². The lowest BCUT2D eigenvalue weighted by atomic mass is 10.1. The first-order valence-electron chi connectivity index (χ1n) is 12.4. The summed E-state index contributed by atoms with van der Waals surface area (Å²) in [6.45, 7) is 9.95. The van der Waals surface area contributed by atoms with Crippen LogP contribution in [0.4, 0.5) is 35.3 Å². The van der Waals surface area contributed by atoms with Crippen molar-refractivity contribution < 1.29 is 17.6 Å². The molecule has 0 spiro atoms. The molecule has 0 N–H and O–H groups in total. The molecule has 1 aliphatic heterocycles. The van der Waals surface area contributed by atoms with Gasteiger partial charge in [-0.1, -0.05) is 20.8 Å². The third-order valence-corrected chi connectivity index (χ3v) is 5.88. The molecule has 11 heteroatoms. The molecule has 1 aliphatic rings. The summed E-state index contributed by atoms with van der Waals surface area (Å²) in [4.78, 5) is 23.4. The van der Waals surface area contributed by atoms with E-state index >= 15 is 0 Å². The van der Waals surface area contributed by atoms with E-state index in [1.165, 1.54) is 18.3 Å². The molecule has 2 aromatic heterocycles. The second kappa shape index (κ2) is 12.2. The summed E-state index contributed by atoms with van der Waals surface area (Å²) < 4.78 is 54.2. The molecule has 1 saturated heterocycles. The summed E-state index contributed by atoms with van der Waals surface area (Å²) >= 11 is 0. The van der Waals surface area contributed by atoms with E-state index in [1.54, 1.807) is 24.0 Å². The topological polar surface area (TPSA) is 61.3 Å². The van der Waals surface area contributed by atoms with Gasteiger partial charge in [-0.3, -0.25) is 0 Å². The lowest BCUT2D eigenvalue weighted by Crippen LogP contribution is -2.48. The zero-order chi connectivity index (χ0) is 27.2. The minimum atomic E-state index is -4.48. The van der Waals surface area contributed by atoms with Crippen molar-refractivity contribution in [3.05, 3.63) is 53.5 Å². The zero-order valence-electron chi connectivity index (χ0n) is 21.8. The molecule has 0 unspecified atom stereocenters. The van der Waals surface area contributed by atoms with Crippen molar-refractivity contribution in [2.45, 2.75) is 40.3 Å². The summed E-state index contributed by atoms with van der Waals surface area (Å²) in [5.74, 6) is 0.964. The van der Waals surface area contributed by atoms with Crippen molar-refractivity contribution >= 4 is 17.7 Å². The van der Waals surface area contributed by atoms with Crippen molar-refractivity contribution in [1.82, 2.24) is 19.9 Å². The van der Waals surface area contributed by atoms with Crippen LogP contribution in [0.1, 0.15) is 38.3 Å². The quantitative estimate of drug-likeness (QED) is 0.393. The first-order valence-corrected chi connectivity index (χ1v) is 12.4. The highest BCUT2D eigenvalue weighted by Crippen LogP contribution is 2.35. The van der Waals surface area contributed by atoms with Gasteiger partial charge in [0.05, 0.1) is 5.56 Å². The average molecular weight is 520 g/mol. The molecular weight excluding hydrogens is 486 g/mol. The Morgan fingerprint density at radius 1 is 0.973 bits per heavy atom. The Bertz CT molecular complexity index is 1180. The number of rotatable bonds is 6. The largest absolute Gasteiger partial charge is 0.419 e. The van der Waals surface area contributed by atoms with Crippen LogP contribution in [0.15, 0.2) is 36.5 Å². The summed E-state index contributed by atoms with van der Waals surface area (Å²) in [6, 6.07) is 7.04. The van der Waals surface area contributed by atoms with Gasteiger partial charge in [-0.15, -0.1) is 0 Å². The lowest BCUT2D eigenvalue weighted by Gasteiger charge is -2.36. The van der Waals surface area contributed by atoms with Gasteiger partial charge in [0.25, 0.3) is 0 Å². The zero-order valence-corrected chi connectivity index (χ0v) is 21.8. The number of anilines is 3. The predicted molar refractivity (Wildman–Crippen MR) is 139 cm³/mol. The second-order valence-electron chi connectivity index (χ2n) is 8.49. The van der Waals surface area contributed by atoms with Crippen LogP contribution >= 0.6 is 0 Å². The Kier molecular flexibility index (Phi) is 9.23. The van der Waals surface area contributed by atoms with Gasteiger partial charge in [-0.05, 0) is 49.2 Å². The smallest absolute Gasteiger partial charge is 0.353 e. The van der Waals surface area contributed by atoms with Crippen molar-refractivity contribution in [1.29, 1.82) is 0 Å². The predicted octanol–water partition coefficient (Wildman–Crippen LogP) is 5.60. The fourth-order valence-electron chi connectivity index (χ4n) is 4.00. The molecule has 7 nitrogen and oxygen atoms in total. The van der Waals surface area contributed by atoms with E-state index in [0.717, 1.165) is 19.0 Å². The maximum atomic E-state index is 13.8. The number of benzene rings is 1. The molecular formula is C26H33F4N7. The third kappa shape index (κ3) is 6.64. The molecule has 1 fully saturated rings. The molecule has 37 heavy (non-hydrogen) atoms. The monoisotopic (exact) mass is 519 g/mol. The van der Waals surface area contributed by atoms with Crippen molar-refractivity contribution in [3.63, 3.8) is 0 Å². The van der Waals surface area contributed by atoms with E-state index in [0.29, 0.717) is 55.0 Å². The van der Waals surface area contributed by atoms with Gasteiger partial charge in [0.1, 0.15) is 11.6 Å². The molecule has 3 heterocycles. The SMILES string of the molecule is CC.CCCN(C)c1nc(-c2ccc(F)c(C)c2)nc(N2CCN(c3ncccc3C(F)(F)F)CC2)n1. The number of alkyl halides is 3. The highest BCUT2D eigenvalue weighted by Gasteiger charge is 2.36. The van der Waals surface area contributed by atoms with Gasteiger partial charge in [-0.25, -0.2) is 9.37 Å². The van der Waals surface area contributed by atoms with E-state index in [1.807, 2.05) is 30.7 Å². The fourth-order valence-corrected chi connectivity index (χ4v) is 4.00. The van der Waals surface area contributed by atoms with Gasteiger partial charge >= 0.3 is 6.18 Å². The van der Waals surface area contributed by atoms with Crippen molar-refractivity contribution in [2.75, 3.05) is 54.5 Å². The minimum absolute atomic E-state index is 0.0684. The fraction of sp³-hybridized carbons (Fsp3) is 0.462. The number of aryl methyl sites for hydroxylation is 1. The van der Waals surface area contributed by atoms with Crippen molar-refractivity contribution in [3.8, 4) is 11.4 Å². The van der Waals surface area contributed by atoms with Gasteiger partial charge in [0.15, 0.2) is 5.82 Å². The molecule has 1 aromatic carbocycles. The Balaban J connectivity index is 0.00000186. The molecule has 0 amide bonds. The van der Waals surface area contributed by atoms with Crippen LogP contribution in [0.3, 0.4) is 0 Å². The Morgan fingerprint density at radius 2 is 1.65 bits per heavy atom. The van der Waals surface area contributed by atoms with Gasteiger partial charge < -0.3 is 14.7 Å². The van der Waals surface area contributed by atoms with Gasteiger partial charge in [0, 0.05) is 51.5 Å². The number of pyridine rings is 1. The number of halogens is 4. The van der Waals surface area contributed by atoms with E-state index < -0.39 is 11.7 Å². The summed E-state index contributed by atoms with van der Waals surface area (Å²) in [5, 5.41) is 0. The summed E-state index contributed by atoms with van der Waals surface area (Å²) in [7, 11) is 1.89. The Labute approximate surface area is 215 Å². The first-order chi connectivity index (χ1) is 17.7. The highest BCUT2D eigenvalue weighted by atomic mass is 19.4.